The van der Waals surface area contributed by atoms with E-state index < -0.39 is 24.5 Å². The van der Waals surface area contributed by atoms with Gasteiger partial charge in [0, 0.05) is 41.4 Å². The van der Waals surface area contributed by atoms with Crippen molar-refractivity contribution in [3.05, 3.63) is 59.7 Å². The zero-order chi connectivity index (χ0) is 25.7. The number of β-amino-alcohol motifs (C(OH)–C–C–N with tert-alkyl or cyclic N) is 1. The summed E-state index contributed by atoms with van der Waals surface area (Å²) in [5.74, 6) is 2.01. The molecule has 0 spiro atoms. The molecule has 5 N–H and O–H groups in total. The molecule has 2 aromatic carbocycles. The quantitative estimate of drug-likeness (QED) is 0.241. The molecular formula is C29H42N2O4S. The number of fused-ring (bicyclic) bond motifs is 1. The summed E-state index contributed by atoms with van der Waals surface area (Å²) in [6, 6.07) is 14.8. The predicted molar refractivity (Wildman–Crippen MR) is 145 cm³/mol. The van der Waals surface area contributed by atoms with Crippen molar-refractivity contribution in [2.75, 3.05) is 18.8 Å². The lowest BCUT2D eigenvalue weighted by Crippen LogP contribution is -2.57. The van der Waals surface area contributed by atoms with Crippen molar-refractivity contribution in [3.8, 4) is 5.75 Å². The van der Waals surface area contributed by atoms with Gasteiger partial charge in [0.15, 0.2) is 0 Å². The topological polar surface area (TPSA) is 96.2 Å². The third-order valence-corrected chi connectivity index (χ3v) is 9.31. The molecule has 0 radical (unpaired) electrons. The van der Waals surface area contributed by atoms with Gasteiger partial charge in [-0.05, 0) is 62.3 Å². The van der Waals surface area contributed by atoms with E-state index in [1.807, 2.05) is 37.3 Å². The molecule has 0 aromatic heterocycles. The molecule has 7 heteroatoms. The van der Waals surface area contributed by atoms with Crippen LogP contribution in [-0.4, -0.2) is 68.5 Å². The van der Waals surface area contributed by atoms with Crippen molar-refractivity contribution in [1.29, 1.82) is 0 Å². The number of thioether (sulfide) groups is 1. The van der Waals surface area contributed by atoms with E-state index in [9.17, 15) is 20.4 Å². The highest BCUT2D eigenvalue weighted by molar-refractivity contribution is 7.99. The monoisotopic (exact) mass is 514 g/mol. The smallest absolute Gasteiger partial charge is 0.131 e. The molecule has 7 atom stereocenters. The maximum atomic E-state index is 11.5. The molecule has 0 bridgehead atoms. The molecular weight excluding hydrogens is 472 g/mol. The number of phenols is 1. The van der Waals surface area contributed by atoms with E-state index in [0.717, 1.165) is 17.9 Å². The standard InChI is InChI=1S/C29H42N2O4S/c1-19-24(13-8-14-27(19)33)29(35)30-25(18-36-23-11-4-3-5-12-23)28(34)17-31-16-22-10-7-6-9-21(22)15-26(31)20(2)32/h3-5,8,11-14,20-22,25-26,28-30,32-35H,6-7,9-10,15-18H2,1-2H3/t20-,21-,22+,25-,26-,28+,29+/m0/s1. The van der Waals surface area contributed by atoms with Crippen LogP contribution in [0.4, 0.5) is 0 Å². The lowest BCUT2D eigenvalue weighted by atomic mass is 9.72. The van der Waals surface area contributed by atoms with Crippen molar-refractivity contribution in [3.63, 3.8) is 0 Å². The fraction of sp³-hybridized carbons (Fsp3) is 0.586. The van der Waals surface area contributed by atoms with Crippen LogP contribution in [0.3, 0.4) is 0 Å². The number of nitrogens with one attached hydrogen (secondary N) is 1. The number of aliphatic hydroxyl groups excluding tert-OH is 3. The number of nitrogens with zero attached hydrogens (tertiary/aromatic N) is 1. The van der Waals surface area contributed by atoms with Gasteiger partial charge in [0.2, 0.25) is 0 Å². The SMILES string of the molecule is Cc1c(O)cccc1[C@@H](O)N[C@@H](CSc1ccccc1)[C@H](O)CN1C[C@H]2CCCC[C@H]2C[C@H]1[C@H](C)O. The fourth-order valence-corrected chi connectivity index (χ4v) is 7.05. The van der Waals surface area contributed by atoms with Gasteiger partial charge in [-0.2, -0.15) is 0 Å². The van der Waals surface area contributed by atoms with Crippen molar-refractivity contribution in [2.45, 2.75) is 81.4 Å². The van der Waals surface area contributed by atoms with Crippen molar-refractivity contribution in [2.24, 2.45) is 11.8 Å². The average Bonchev–Trinajstić information content (AvgIpc) is 2.88. The van der Waals surface area contributed by atoms with Gasteiger partial charge in [-0.3, -0.25) is 10.2 Å². The Hall–Kier alpha value is -1.61. The minimum Gasteiger partial charge on any atom is -0.508 e. The molecule has 2 aromatic rings. The lowest BCUT2D eigenvalue weighted by Gasteiger charge is -2.48. The number of hydrogen-bond donors (Lipinski definition) is 5. The second-order valence-corrected chi connectivity index (χ2v) is 11.8. The highest BCUT2D eigenvalue weighted by Gasteiger charge is 2.40. The second kappa shape index (κ2) is 12.8. The van der Waals surface area contributed by atoms with Crippen LogP contribution in [0, 0.1) is 18.8 Å². The molecule has 1 saturated heterocycles. The van der Waals surface area contributed by atoms with E-state index >= 15 is 0 Å². The first-order valence-electron chi connectivity index (χ1n) is 13.3. The third-order valence-electron chi connectivity index (χ3n) is 8.18. The van der Waals surface area contributed by atoms with Crippen LogP contribution in [0.25, 0.3) is 0 Å². The summed E-state index contributed by atoms with van der Waals surface area (Å²) in [6.07, 6.45) is 3.79. The summed E-state index contributed by atoms with van der Waals surface area (Å²) in [7, 11) is 0. The molecule has 0 amide bonds. The Morgan fingerprint density at radius 2 is 1.72 bits per heavy atom. The van der Waals surface area contributed by atoms with E-state index in [1.54, 1.807) is 36.9 Å². The fourth-order valence-electron chi connectivity index (χ4n) is 6.01. The van der Waals surface area contributed by atoms with Crippen LogP contribution in [0.15, 0.2) is 53.4 Å². The van der Waals surface area contributed by atoms with Crippen LogP contribution in [0.5, 0.6) is 5.75 Å². The van der Waals surface area contributed by atoms with Crippen molar-refractivity contribution >= 4 is 11.8 Å². The van der Waals surface area contributed by atoms with Crippen LogP contribution in [0.1, 0.15) is 56.4 Å². The summed E-state index contributed by atoms with van der Waals surface area (Å²) in [5, 5.41) is 46.5. The Kier molecular flexibility index (Phi) is 9.72. The Labute approximate surface area is 219 Å². The van der Waals surface area contributed by atoms with Crippen LogP contribution in [-0.2, 0) is 0 Å². The summed E-state index contributed by atoms with van der Waals surface area (Å²) in [4.78, 5) is 3.39. The van der Waals surface area contributed by atoms with E-state index in [-0.39, 0.29) is 11.8 Å². The van der Waals surface area contributed by atoms with Gasteiger partial charge < -0.3 is 20.4 Å². The number of rotatable bonds is 10. The Morgan fingerprint density at radius 1 is 1.00 bits per heavy atom. The average molecular weight is 515 g/mol. The molecule has 4 rings (SSSR count). The van der Waals surface area contributed by atoms with Crippen molar-refractivity contribution in [1.82, 2.24) is 10.2 Å². The van der Waals surface area contributed by atoms with E-state index in [2.05, 4.69) is 10.2 Å². The van der Waals surface area contributed by atoms with Gasteiger partial charge >= 0.3 is 0 Å². The summed E-state index contributed by atoms with van der Waals surface area (Å²) >= 11 is 1.64. The third kappa shape index (κ3) is 6.82. The highest BCUT2D eigenvalue weighted by Crippen LogP contribution is 2.39. The molecule has 1 aliphatic heterocycles. The maximum Gasteiger partial charge on any atom is 0.131 e. The maximum absolute atomic E-state index is 11.5. The minimum absolute atomic E-state index is 0.0414. The van der Waals surface area contributed by atoms with E-state index in [4.69, 9.17) is 0 Å². The van der Waals surface area contributed by atoms with E-state index in [0.29, 0.717) is 35.3 Å². The number of hydrogen-bond acceptors (Lipinski definition) is 7. The molecule has 2 fully saturated rings. The number of aliphatic hydroxyl groups is 3. The predicted octanol–water partition coefficient (Wildman–Crippen LogP) is 4.06. The van der Waals surface area contributed by atoms with Gasteiger partial charge in [-0.15, -0.1) is 11.8 Å². The lowest BCUT2D eigenvalue weighted by molar-refractivity contribution is -0.0452. The molecule has 198 valence electrons. The zero-order valence-electron chi connectivity index (χ0n) is 21.5. The van der Waals surface area contributed by atoms with Crippen LogP contribution < -0.4 is 5.32 Å². The molecule has 1 aliphatic carbocycles. The molecule has 0 unspecified atom stereocenters. The van der Waals surface area contributed by atoms with Gasteiger partial charge in [0.1, 0.15) is 12.0 Å². The Balaban J connectivity index is 1.49. The van der Waals surface area contributed by atoms with Gasteiger partial charge in [0.05, 0.1) is 12.2 Å². The first-order chi connectivity index (χ1) is 17.3. The Bertz CT molecular complexity index is 960. The zero-order valence-corrected chi connectivity index (χ0v) is 22.3. The molecule has 1 saturated carbocycles. The largest absolute Gasteiger partial charge is 0.508 e. The van der Waals surface area contributed by atoms with Gasteiger partial charge in [0.25, 0.3) is 0 Å². The number of phenolic OH excluding ortho intramolecular Hbond substituents is 1. The summed E-state index contributed by atoms with van der Waals surface area (Å²) in [6.45, 7) is 4.99. The highest BCUT2D eigenvalue weighted by atomic mass is 32.2. The summed E-state index contributed by atoms with van der Waals surface area (Å²) in [5.41, 5.74) is 1.22. The molecule has 2 aliphatic rings. The number of benzene rings is 2. The number of piperidine rings is 1. The molecule has 1 heterocycles. The van der Waals surface area contributed by atoms with Gasteiger partial charge in [-0.1, -0.05) is 49.6 Å². The van der Waals surface area contributed by atoms with E-state index in [1.165, 1.54) is 25.7 Å². The van der Waals surface area contributed by atoms with Crippen molar-refractivity contribution < 1.29 is 20.4 Å². The summed E-state index contributed by atoms with van der Waals surface area (Å²) < 4.78 is 0. The number of likely N-dealkylation sites (tertiary alicyclic amines) is 1. The molecule has 6 nitrogen and oxygen atoms in total. The minimum atomic E-state index is -1.02. The van der Waals surface area contributed by atoms with Crippen LogP contribution in [0.2, 0.25) is 0 Å². The molecule has 36 heavy (non-hydrogen) atoms. The van der Waals surface area contributed by atoms with Gasteiger partial charge in [-0.25, -0.2) is 0 Å². The second-order valence-electron chi connectivity index (χ2n) is 10.7. The first kappa shape index (κ1) is 27.4. The first-order valence-corrected chi connectivity index (χ1v) is 14.3. The number of aromatic hydroxyl groups is 1. The van der Waals surface area contributed by atoms with Crippen LogP contribution >= 0.6 is 11.8 Å². The normalized spacial score (nSPS) is 26.1. The Morgan fingerprint density at radius 3 is 2.44 bits per heavy atom.